The van der Waals surface area contributed by atoms with Crippen molar-refractivity contribution in [3.05, 3.63) is 28.8 Å². The molecule has 106 valence electrons. The maximum Gasteiger partial charge on any atom is 0.254 e. The first-order valence-corrected chi connectivity index (χ1v) is 7.70. The van der Waals surface area contributed by atoms with E-state index >= 15 is 0 Å². The van der Waals surface area contributed by atoms with E-state index in [0.29, 0.717) is 24.2 Å². The predicted octanol–water partition coefficient (Wildman–Crippen LogP) is 1.43. The van der Waals surface area contributed by atoms with Crippen molar-refractivity contribution in [2.24, 2.45) is 5.14 Å². The Hall–Kier alpha value is -1.40. The zero-order valence-corrected chi connectivity index (χ0v) is 12.5. The van der Waals surface area contributed by atoms with Crippen LogP contribution in [0, 0.1) is 13.8 Å². The van der Waals surface area contributed by atoms with E-state index < -0.39 is 10.0 Å². The van der Waals surface area contributed by atoms with Crippen molar-refractivity contribution >= 4 is 15.9 Å². The first-order chi connectivity index (χ1) is 8.72. The number of sulfonamides is 1. The van der Waals surface area contributed by atoms with Gasteiger partial charge in [0.05, 0.1) is 4.90 Å². The van der Waals surface area contributed by atoms with E-state index in [2.05, 4.69) is 0 Å². The van der Waals surface area contributed by atoms with Gasteiger partial charge in [-0.15, -0.1) is 0 Å². The number of nitrogens with two attached hydrogens (primary N) is 1. The third-order valence-corrected chi connectivity index (χ3v) is 4.16. The summed E-state index contributed by atoms with van der Waals surface area (Å²) in [6, 6.07) is 3.05. The van der Waals surface area contributed by atoms with Crippen LogP contribution in [0.3, 0.4) is 0 Å². The molecular formula is C13H20N2O3S. The summed E-state index contributed by atoms with van der Waals surface area (Å²) in [5, 5.41) is 5.17. The van der Waals surface area contributed by atoms with Gasteiger partial charge in [-0.1, -0.05) is 6.07 Å². The van der Waals surface area contributed by atoms with E-state index in [-0.39, 0.29) is 10.8 Å². The molecule has 5 nitrogen and oxygen atoms in total. The largest absolute Gasteiger partial charge is 0.339 e. The second kappa shape index (κ2) is 5.71. The fourth-order valence-corrected chi connectivity index (χ4v) is 2.84. The third-order valence-electron chi connectivity index (χ3n) is 3.11. The molecule has 0 saturated carbocycles. The molecule has 1 rings (SSSR count). The zero-order chi connectivity index (χ0) is 14.8. The van der Waals surface area contributed by atoms with Crippen molar-refractivity contribution in [1.29, 1.82) is 0 Å². The molecule has 0 fully saturated rings. The molecule has 0 spiro atoms. The molecule has 1 aromatic rings. The summed E-state index contributed by atoms with van der Waals surface area (Å²) in [6.07, 6.45) is 0. The van der Waals surface area contributed by atoms with Crippen molar-refractivity contribution in [3.8, 4) is 0 Å². The van der Waals surface area contributed by atoms with E-state index in [0.717, 1.165) is 5.56 Å². The standard InChI is InChI=1S/C13H20N2O3S/c1-5-15(6-2)13(16)11-8-12(19(14,17)18)10(4)7-9(11)3/h7-8H,5-6H2,1-4H3,(H2,14,17,18). The summed E-state index contributed by atoms with van der Waals surface area (Å²) in [4.78, 5) is 14.0. The third kappa shape index (κ3) is 3.33. The molecule has 0 unspecified atom stereocenters. The molecule has 0 aliphatic heterocycles. The minimum Gasteiger partial charge on any atom is -0.339 e. The molecule has 19 heavy (non-hydrogen) atoms. The quantitative estimate of drug-likeness (QED) is 0.908. The number of amides is 1. The SMILES string of the molecule is CCN(CC)C(=O)c1cc(S(N)(=O)=O)c(C)cc1C. The van der Waals surface area contributed by atoms with Gasteiger partial charge in [0.2, 0.25) is 10.0 Å². The molecule has 2 N–H and O–H groups in total. The zero-order valence-electron chi connectivity index (χ0n) is 11.7. The predicted molar refractivity (Wildman–Crippen MR) is 74.5 cm³/mol. The summed E-state index contributed by atoms with van der Waals surface area (Å²) in [5.41, 5.74) is 1.69. The van der Waals surface area contributed by atoms with Crippen LogP contribution < -0.4 is 5.14 Å². The van der Waals surface area contributed by atoms with Crippen molar-refractivity contribution in [2.75, 3.05) is 13.1 Å². The maximum atomic E-state index is 12.3. The Morgan fingerprint density at radius 3 is 2.11 bits per heavy atom. The Bertz CT molecular complexity index is 590. The molecule has 0 radical (unpaired) electrons. The first-order valence-electron chi connectivity index (χ1n) is 6.15. The van der Waals surface area contributed by atoms with Crippen LogP contribution >= 0.6 is 0 Å². The van der Waals surface area contributed by atoms with E-state index in [1.54, 1.807) is 24.8 Å². The van der Waals surface area contributed by atoms with Crippen LogP contribution in [0.1, 0.15) is 35.3 Å². The molecule has 6 heteroatoms. The summed E-state index contributed by atoms with van der Waals surface area (Å²) < 4.78 is 23.0. The summed E-state index contributed by atoms with van der Waals surface area (Å²) in [7, 11) is -3.82. The van der Waals surface area contributed by atoms with Gasteiger partial charge in [-0.2, -0.15) is 0 Å². The molecular weight excluding hydrogens is 264 g/mol. The summed E-state index contributed by atoms with van der Waals surface area (Å²) >= 11 is 0. The van der Waals surface area contributed by atoms with Crippen molar-refractivity contribution in [1.82, 2.24) is 4.90 Å². The average Bonchev–Trinajstić information content (AvgIpc) is 2.28. The highest BCUT2D eigenvalue weighted by atomic mass is 32.2. The maximum absolute atomic E-state index is 12.3. The number of carbonyl (C=O) groups excluding carboxylic acids is 1. The van der Waals surface area contributed by atoms with Crippen LogP contribution in [-0.2, 0) is 10.0 Å². The van der Waals surface area contributed by atoms with Crippen LogP contribution in [0.4, 0.5) is 0 Å². The highest BCUT2D eigenvalue weighted by Crippen LogP contribution is 2.20. The molecule has 0 aliphatic carbocycles. The van der Waals surface area contributed by atoms with Gasteiger partial charge in [-0.25, -0.2) is 13.6 Å². The molecule has 0 saturated heterocycles. The lowest BCUT2D eigenvalue weighted by atomic mass is 10.0. The number of carbonyl (C=O) groups is 1. The topological polar surface area (TPSA) is 80.5 Å². The smallest absolute Gasteiger partial charge is 0.254 e. The van der Waals surface area contributed by atoms with Gasteiger partial charge in [0.15, 0.2) is 0 Å². The molecule has 0 atom stereocenters. The van der Waals surface area contributed by atoms with Crippen LogP contribution in [0.2, 0.25) is 0 Å². The highest BCUT2D eigenvalue weighted by Gasteiger charge is 2.20. The summed E-state index contributed by atoms with van der Waals surface area (Å²) in [5.74, 6) is -0.174. The Labute approximate surface area is 114 Å². The van der Waals surface area contributed by atoms with E-state index in [1.165, 1.54) is 6.07 Å². The number of benzene rings is 1. The molecule has 0 aliphatic rings. The van der Waals surface area contributed by atoms with Gasteiger partial charge in [-0.3, -0.25) is 4.79 Å². The number of primary sulfonamides is 1. The monoisotopic (exact) mass is 284 g/mol. The lowest BCUT2D eigenvalue weighted by Crippen LogP contribution is -2.31. The first kappa shape index (κ1) is 15.7. The fourth-order valence-electron chi connectivity index (χ4n) is 2.05. The van der Waals surface area contributed by atoms with Crippen molar-refractivity contribution < 1.29 is 13.2 Å². The Morgan fingerprint density at radius 1 is 1.16 bits per heavy atom. The molecule has 0 aromatic heterocycles. The number of aryl methyl sites for hydroxylation is 2. The second-order valence-corrected chi connectivity index (χ2v) is 5.98. The molecule has 0 heterocycles. The number of rotatable bonds is 4. The Balaban J connectivity index is 3.41. The van der Waals surface area contributed by atoms with Crippen LogP contribution in [-0.4, -0.2) is 32.3 Å². The van der Waals surface area contributed by atoms with E-state index in [9.17, 15) is 13.2 Å². The molecule has 1 aromatic carbocycles. The van der Waals surface area contributed by atoms with Crippen LogP contribution in [0.25, 0.3) is 0 Å². The van der Waals surface area contributed by atoms with Gasteiger partial charge >= 0.3 is 0 Å². The Kier molecular flexibility index (Phi) is 4.70. The van der Waals surface area contributed by atoms with Gasteiger partial charge in [0, 0.05) is 18.7 Å². The summed E-state index contributed by atoms with van der Waals surface area (Å²) in [6.45, 7) is 8.37. The fraction of sp³-hybridized carbons (Fsp3) is 0.462. The lowest BCUT2D eigenvalue weighted by molar-refractivity contribution is 0.0772. The number of nitrogens with zero attached hydrogens (tertiary/aromatic N) is 1. The van der Waals surface area contributed by atoms with Gasteiger partial charge < -0.3 is 4.90 Å². The minimum absolute atomic E-state index is 0.00797. The van der Waals surface area contributed by atoms with Gasteiger partial charge in [0.25, 0.3) is 5.91 Å². The van der Waals surface area contributed by atoms with Gasteiger partial charge in [0.1, 0.15) is 0 Å². The number of hydrogen-bond donors (Lipinski definition) is 1. The van der Waals surface area contributed by atoms with E-state index in [1.807, 2.05) is 13.8 Å². The highest BCUT2D eigenvalue weighted by molar-refractivity contribution is 7.89. The lowest BCUT2D eigenvalue weighted by Gasteiger charge is -2.20. The van der Waals surface area contributed by atoms with E-state index in [4.69, 9.17) is 5.14 Å². The van der Waals surface area contributed by atoms with Crippen molar-refractivity contribution in [3.63, 3.8) is 0 Å². The normalized spacial score (nSPS) is 11.4. The average molecular weight is 284 g/mol. The van der Waals surface area contributed by atoms with Crippen LogP contribution in [0.5, 0.6) is 0 Å². The molecule has 1 amide bonds. The second-order valence-electron chi connectivity index (χ2n) is 4.46. The molecule has 0 bridgehead atoms. The van der Waals surface area contributed by atoms with Crippen molar-refractivity contribution in [2.45, 2.75) is 32.6 Å². The Morgan fingerprint density at radius 2 is 1.68 bits per heavy atom. The van der Waals surface area contributed by atoms with Crippen LogP contribution in [0.15, 0.2) is 17.0 Å². The van der Waals surface area contributed by atoms with Gasteiger partial charge in [-0.05, 0) is 44.9 Å². The minimum atomic E-state index is -3.82. The number of hydrogen-bond acceptors (Lipinski definition) is 3.